The Hall–Kier alpha value is -1.12. The summed E-state index contributed by atoms with van der Waals surface area (Å²) in [5.74, 6) is -5.19. The Morgan fingerprint density at radius 2 is 1.73 bits per heavy atom. The van der Waals surface area contributed by atoms with Crippen molar-refractivity contribution in [1.29, 1.82) is 0 Å². The highest BCUT2D eigenvalue weighted by Gasteiger charge is 2.32. The third-order valence-corrected chi connectivity index (χ3v) is 4.86. The molecule has 2 N–H and O–H groups in total. The number of benzene rings is 1. The maximum absolute atomic E-state index is 13.6. The van der Waals surface area contributed by atoms with E-state index in [0.29, 0.717) is 12.1 Å². The van der Waals surface area contributed by atoms with E-state index >= 15 is 0 Å². The number of hydrogen-bond donors (Lipinski definition) is 2. The highest BCUT2D eigenvalue weighted by Crippen LogP contribution is 2.26. The lowest BCUT2D eigenvalue weighted by molar-refractivity contribution is 0.0166. The number of sulfonamides is 1. The summed E-state index contributed by atoms with van der Waals surface area (Å²) in [5.41, 5.74) is -0.823. The van der Waals surface area contributed by atoms with E-state index < -0.39 is 43.9 Å². The van der Waals surface area contributed by atoms with Gasteiger partial charge in [-0.15, -0.1) is 0 Å². The maximum atomic E-state index is 13.6. The monoisotopic (exact) mass is 339 g/mol. The molecule has 1 aromatic rings. The van der Waals surface area contributed by atoms with Crippen molar-refractivity contribution in [3.8, 4) is 0 Å². The zero-order valence-electron chi connectivity index (χ0n) is 12.8. The summed E-state index contributed by atoms with van der Waals surface area (Å²) in [4.78, 5) is -0.971. The van der Waals surface area contributed by atoms with Crippen molar-refractivity contribution < 1.29 is 26.7 Å². The summed E-state index contributed by atoms with van der Waals surface area (Å²) in [6.45, 7) is 6.64. The standard InChI is InChI=1S/C14H20F3NO3S/c1-8(2)13(19)14(3,4)7-18-22(20,21)10-6-5-9(15)11(16)12(10)17/h5-6,8,13,18-19H,7H2,1-4H3. The number of aliphatic hydroxyl groups excluding tert-OH is 1. The Balaban J connectivity index is 3.01. The molecule has 0 aliphatic rings. The Morgan fingerprint density at radius 3 is 2.23 bits per heavy atom. The third kappa shape index (κ3) is 3.99. The van der Waals surface area contributed by atoms with Crippen LogP contribution in [0.25, 0.3) is 0 Å². The van der Waals surface area contributed by atoms with E-state index in [1.165, 1.54) is 0 Å². The van der Waals surface area contributed by atoms with Gasteiger partial charge in [-0.25, -0.2) is 26.3 Å². The molecule has 0 saturated carbocycles. The number of hydrogen-bond acceptors (Lipinski definition) is 3. The molecule has 0 spiro atoms. The van der Waals surface area contributed by atoms with Crippen molar-refractivity contribution in [2.45, 2.75) is 38.7 Å². The smallest absolute Gasteiger partial charge is 0.243 e. The summed E-state index contributed by atoms with van der Waals surface area (Å²) in [6, 6.07) is 1.20. The molecule has 8 heteroatoms. The predicted octanol–water partition coefficient (Wildman–Crippen LogP) is 2.43. The van der Waals surface area contributed by atoms with Gasteiger partial charge in [-0.2, -0.15) is 0 Å². The van der Waals surface area contributed by atoms with E-state index in [1.807, 2.05) is 0 Å². The van der Waals surface area contributed by atoms with Crippen LogP contribution in [0.15, 0.2) is 17.0 Å². The SMILES string of the molecule is CC(C)C(O)C(C)(C)CNS(=O)(=O)c1ccc(F)c(F)c1F. The van der Waals surface area contributed by atoms with Gasteiger partial charge in [-0.1, -0.05) is 27.7 Å². The summed E-state index contributed by atoms with van der Waals surface area (Å²) >= 11 is 0. The van der Waals surface area contributed by atoms with Gasteiger partial charge in [0, 0.05) is 12.0 Å². The van der Waals surface area contributed by atoms with Gasteiger partial charge in [-0.3, -0.25) is 0 Å². The summed E-state index contributed by atoms with van der Waals surface area (Å²) in [5, 5.41) is 10.0. The second-order valence-corrected chi connectivity index (χ2v) is 7.91. The highest BCUT2D eigenvalue weighted by atomic mass is 32.2. The van der Waals surface area contributed by atoms with E-state index in [-0.39, 0.29) is 12.5 Å². The van der Waals surface area contributed by atoms with Crippen LogP contribution in [-0.2, 0) is 10.0 Å². The molecule has 1 atom stereocenters. The first-order valence-electron chi connectivity index (χ1n) is 6.71. The van der Waals surface area contributed by atoms with Gasteiger partial charge in [0.15, 0.2) is 17.5 Å². The second-order valence-electron chi connectivity index (χ2n) is 6.18. The second kappa shape index (κ2) is 6.55. The van der Waals surface area contributed by atoms with Crippen molar-refractivity contribution in [2.24, 2.45) is 11.3 Å². The molecule has 126 valence electrons. The maximum Gasteiger partial charge on any atom is 0.243 e. The zero-order chi connectivity index (χ0) is 17.3. The Bertz CT molecular complexity index is 645. The largest absolute Gasteiger partial charge is 0.392 e. The fraction of sp³-hybridized carbons (Fsp3) is 0.571. The van der Waals surface area contributed by atoms with Gasteiger partial charge >= 0.3 is 0 Å². The van der Waals surface area contributed by atoms with Gasteiger partial charge in [0.05, 0.1) is 6.10 Å². The third-order valence-electron chi connectivity index (χ3n) is 3.44. The number of aliphatic hydroxyl groups is 1. The van der Waals surface area contributed by atoms with Crippen LogP contribution in [0.5, 0.6) is 0 Å². The van der Waals surface area contributed by atoms with Gasteiger partial charge in [0.1, 0.15) is 4.90 Å². The Labute approximate surface area is 128 Å². The van der Waals surface area contributed by atoms with Crippen LogP contribution in [-0.4, -0.2) is 26.2 Å². The molecule has 0 heterocycles. The van der Waals surface area contributed by atoms with Crippen LogP contribution in [0.2, 0.25) is 0 Å². The molecule has 0 aliphatic carbocycles. The molecular formula is C14H20F3NO3S. The molecule has 1 unspecified atom stereocenters. The molecule has 0 bridgehead atoms. The lowest BCUT2D eigenvalue weighted by atomic mass is 9.81. The lowest BCUT2D eigenvalue weighted by Gasteiger charge is -2.33. The molecule has 0 aliphatic heterocycles. The van der Waals surface area contributed by atoms with Crippen LogP contribution >= 0.6 is 0 Å². The van der Waals surface area contributed by atoms with Crippen LogP contribution in [0, 0.1) is 28.8 Å². The average molecular weight is 339 g/mol. The molecule has 0 aromatic heterocycles. The first kappa shape index (κ1) is 18.9. The summed E-state index contributed by atoms with van der Waals surface area (Å²) in [7, 11) is -4.37. The van der Waals surface area contributed by atoms with Crippen LogP contribution in [0.4, 0.5) is 13.2 Å². The predicted molar refractivity (Wildman–Crippen MR) is 76.1 cm³/mol. The van der Waals surface area contributed by atoms with E-state index in [2.05, 4.69) is 4.72 Å². The Kier molecular flexibility index (Phi) is 5.64. The summed E-state index contributed by atoms with van der Waals surface area (Å²) in [6.07, 6.45) is -0.801. The van der Waals surface area contributed by atoms with Crippen molar-refractivity contribution in [3.05, 3.63) is 29.6 Å². The van der Waals surface area contributed by atoms with E-state index in [9.17, 15) is 26.7 Å². The van der Waals surface area contributed by atoms with Crippen LogP contribution < -0.4 is 4.72 Å². The molecule has 1 rings (SSSR count). The molecule has 0 amide bonds. The van der Waals surface area contributed by atoms with E-state index in [1.54, 1.807) is 27.7 Å². The number of nitrogens with one attached hydrogen (secondary N) is 1. The lowest BCUT2D eigenvalue weighted by Crippen LogP contribution is -2.43. The first-order chi connectivity index (χ1) is 9.90. The molecule has 0 fully saturated rings. The fourth-order valence-corrected chi connectivity index (χ4v) is 3.37. The topological polar surface area (TPSA) is 66.4 Å². The minimum absolute atomic E-state index is 0.112. The van der Waals surface area contributed by atoms with E-state index in [4.69, 9.17) is 0 Å². The van der Waals surface area contributed by atoms with Crippen molar-refractivity contribution in [3.63, 3.8) is 0 Å². The average Bonchev–Trinajstić information content (AvgIpc) is 2.41. The molecule has 22 heavy (non-hydrogen) atoms. The quantitative estimate of drug-likeness (QED) is 0.782. The number of halogens is 3. The highest BCUT2D eigenvalue weighted by molar-refractivity contribution is 7.89. The molecule has 4 nitrogen and oxygen atoms in total. The minimum atomic E-state index is -4.37. The van der Waals surface area contributed by atoms with Crippen molar-refractivity contribution in [1.82, 2.24) is 4.72 Å². The van der Waals surface area contributed by atoms with Gasteiger partial charge in [0.25, 0.3) is 0 Å². The Morgan fingerprint density at radius 1 is 1.18 bits per heavy atom. The summed E-state index contributed by atoms with van der Waals surface area (Å²) < 4.78 is 65.8. The zero-order valence-corrected chi connectivity index (χ0v) is 13.6. The van der Waals surface area contributed by atoms with Crippen LogP contribution in [0.1, 0.15) is 27.7 Å². The van der Waals surface area contributed by atoms with Crippen LogP contribution in [0.3, 0.4) is 0 Å². The minimum Gasteiger partial charge on any atom is -0.392 e. The fourth-order valence-electron chi connectivity index (χ4n) is 2.08. The molecular weight excluding hydrogens is 319 g/mol. The van der Waals surface area contributed by atoms with Gasteiger partial charge in [0.2, 0.25) is 10.0 Å². The normalized spacial score (nSPS) is 14.4. The van der Waals surface area contributed by atoms with Gasteiger partial charge in [-0.05, 0) is 18.1 Å². The molecule has 1 aromatic carbocycles. The molecule has 0 saturated heterocycles. The van der Waals surface area contributed by atoms with Gasteiger partial charge < -0.3 is 5.11 Å². The number of rotatable bonds is 6. The first-order valence-corrected chi connectivity index (χ1v) is 8.19. The van der Waals surface area contributed by atoms with E-state index in [0.717, 1.165) is 0 Å². The van der Waals surface area contributed by atoms with Crippen molar-refractivity contribution in [2.75, 3.05) is 6.54 Å². The van der Waals surface area contributed by atoms with Crippen molar-refractivity contribution >= 4 is 10.0 Å². The molecule has 0 radical (unpaired) electrons.